The van der Waals surface area contributed by atoms with E-state index >= 15 is 0 Å². The van der Waals surface area contributed by atoms with Gasteiger partial charge in [0.1, 0.15) is 12.6 Å². The Bertz CT molecular complexity index is 1370. The second-order valence-electron chi connectivity index (χ2n) is 9.39. The van der Waals surface area contributed by atoms with Crippen molar-refractivity contribution in [2.75, 3.05) is 17.4 Å². The van der Waals surface area contributed by atoms with Crippen LogP contribution in [0.2, 0.25) is 5.02 Å². The summed E-state index contributed by atoms with van der Waals surface area (Å²) < 4.78 is 28.9. The van der Waals surface area contributed by atoms with Crippen molar-refractivity contribution in [2.45, 2.75) is 52.1 Å². The van der Waals surface area contributed by atoms with Crippen LogP contribution in [0, 0.1) is 20.8 Å². The van der Waals surface area contributed by atoms with Gasteiger partial charge in [0.25, 0.3) is 10.0 Å². The van der Waals surface area contributed by atoms with E-state index in [0.717, 1.165) is 26.6 Å². The molecule has 3 aromatic rings. The van der Waals surface area contributed by atoms with Gasteiger partial charge in [-0.15, -0.1) is 0 Å². The predicted octanol–water partition coefficient (Wildman–Crippen LogP) is 5.01. The van der Waals surface area contributed by atoms with Gasteiger partial charge in [-0.3, -0.25) is 13.9 Å². The third-order valence-electron chi connectivity index (χ3n) is 6.17. The van der Waals surface area contributed by atoms with Crippen LogP contribution in [0.15, 0.2) is 71.6 Å². The summed E-state index contributed by atoms with van der Waals surface area (Å²) in [5, 5.41) is 3.30. The number of benzene rings is 3. The standard InChI is InChI=1S/C29H34ClN3O4S/c1-6-31-29(35)23(5)32(18-24-9-11-25(30)12-10-24)28(34)19-33(26-16-21(3)15-22(4)17-26)38(36,37)27-13-7-20(2)8-14-27/h7-17,23H,6,18-19H2,1-5H3,(H,31,35)/t23-/m0/s1. The predicted molar refractivity (Wildman–Crippen MR) is 152 cm³/mol. The van der Waals surface area contributed by atoms with E-state index in [0.29, 0.717) is 17.3 Å². The SMILES string of the molecule is CCNC(=O)[C@H](C)N(Cc1ccc(Cl)cc1)C(=O)CN(c1cc(C)cc(C)c1)S(=O)(=O)c1ccc(C)cc1. The number of amides is 2. The van der Waals surface area contributed by atoms with Crippen LogP contribution < -0.4 is 9.62 Å². The highest BCUT2D eigenvalue weighted by atomic mass is 35.5. The third-order valence-corrected chi connectivity index (χ3v) is 8.21. The van der Waals surface area contributed by atoms with E-state index in [2.05, 4.69) is 5.32 Å². The second kappa shape index (κ2) is 12.5. The molecule has 9 heteroatoms. The van der Waals surface area contributed by atoms with Gasteiger partial charge in [-0.2, -0.15) is 0 Å². The van der Waals surface area contributed by atoms with E-state index in [1.54, 1.807) is 62.4 Å². The molecule has 38 heavy (non-hydrogen) atoms. The summed E-state index contributed by atoms with van der Waals surface area (Å²) in [5.41, 5.74) is 3.80. The summed E-state index contributed by atoms with van der Waals surface area (Å²) in [6, 6.07) is 18.1. The van der Waals surface area contributed by atoms with E-state index in [4.69, 9.17) is 11.6 Å². The molecule has 3 aromatic carbocycles. The highest BCUT2D eigenvalue weighted by Crippen LogP contribution is 2.27. The molecule has 0 saturated heterocycles. The summed E-state index contributed by atoms with van der Waals surface area (Å²) in [4.78, 5) is 28.1. The van der Waals surface area contributed by atoms with E-state index < -0.39 is 28.5 Å². The molecule has 0 aliphatic carbocycles. The number of sulfonamides is 1. The average molecular weight is 556 g/mol. The molecule has 0 aliphatic heterocycles. The maximum absolute atomic E-state index is 13.9. The summed E-state index contributed by atoms with van der Waals surface area (Å²) >= 11 is 6.03. The molecule has 0 aliphatic rings. The Morgan fingerprint density at radius 2 is 1.47 bits per heavy atom. The Kier molecular flexibility index (Phi) is 9.57. The summed E-state index contributed by atoms with van der Waals surface area (Å²) in [7, 11) is -4.10. The Hall–Kier alpha value is -3.36. The van der Waals surface area contributed by atoms with Gasteiger partial charge >= 0.3 is 0 Å². The summed E-state index contributed by atoms with van der Waals surface area (Å²) in [5.74, 6) is -0.831. The Morgan fingerprint density at radius 1 is 0.895 bits per heavy atom. The zero-order valence-corrected chi connectivity index (χ0v) is 23.9. The molecule has 7 nitrogen and oxygen atoms in total. The maximum atomic E-state index is 13.9. The number of nitrogens with one attached hydrogen (secondary N) is 1. The number of rotatable bonds is 10. The van der Waals surface area contributed by atoms with Crippen molar-refractivity contribution in [1.82, 2.24) is 10.2 Å². The Morgan fingerprint density at radius 3 is 2.03 bits per heavy atom. The fourth-order valence-corrected chi connectivity index (χ4v) is 5.68. The number of anilines is 1. The van der Waals surface area contributed by atoms with Crippen molar-refractivity contribution in [1.29, 1.82) is 0 Å². The molecule has 0 spiro atoms. The van der Waals surface area contributed by atoms with E-state index in [1.165, 1.54) is 17.0 Å². The molecule has 0 aromatic heterocycles. The molecule has 0 bridgehead atoms. The number of aryl methyl sites for hydroxylation is 3. The molecule has 1 atom stereocenters. The molecule has 0 heterocycles. The van der Waals surface area contributed by atoms with Crippen molar-refractivity contribution >= 4 is 39.1 Å². The minimum Gasteiger partial charge on any atom is -0.355 e. The van der Waals surface area contributed by atoms with Crippen LogP contribution in [0.3, 0.4) is 0 Å². The highest BCUT2D eigenvalue weighted by molar-refractivity contribution is 7.92. The molecule has 202 valence electrons. The molecule has 0 fully saturated rings. The van der Waals surface area contributed by atoms with Gasteiger partial charge in [0.05, 0.1) is 10.6 Å². The van der Waals surface area contributed by atoms with Crippen LogP contribution >= 0.6 is 11.6 Å². The van der Waals surface area contributed by atoms with Gasteiger partial charge < -0.3 is 10.2 Å². The fourth-order valence-electron chi connectivity index (χ4n) is 4.15. The van der Waals surface area contributed by atoms with Crippen molar-refractivity contribution in [3.8, 4) is 0 Å². The lowest BCUT2D eigenvalue weighted by atomic mass is 10.1. The first-order valence-corrected chi connectivity index (χ1v) is 14.2. The zero-order valence-electron chi connectivity index (χ0n) is 22.4. The monoisotopic (exact) mass is 555 g/mol. The van der Waals surface area contributed by atoms with E-state index in [1.807, 2.05) is 26.8 Å². The van der Waals surface area contributed by atoms with Crippen molar-refractivity contribution < 1.29 is 18.0 Å². The Labute approximate surface area is 230 Å². The zero-order chi connectivity index (χ0) is 28.0. The topological polar surface area (TPSA) is 86.8 Å². The van der Waals surface area contributed by atoms with E-state index in [-0.39, 0.29) is 17.3 Å². The average Bonchev–Trinajstić information content (AvgIpc) is 2.86. The van der Waals surface area contributed by atoms with Crippen LogP contribution in [-0.2, 0) is 26.2 Å². The highest BCUT2D eigenvalue weighted by Gasteiger charge is 2.32. The van der Waals surface area contributed by atoms with Gasteiger partial charge in [0.15, 0.2) is 0 Å². The van der Waals surface area contributed by atoms with Gasteiger partial charge in [-0.05, 0) is 87.7 Å². The van der Waals surface area contributed by atoms with E-state index in [9.17, 15) is 18.0 Å². The van der Waals surface area contributed by atoms with Crippen molar-refractivity contribution in [2.24, 2.45) is 0 Å². The van der Waals surface area contributed by atoms with Crippen molar-refractivity contribution in [3.05, 3.63) is 94.0 Å². The number of carbonyl (C=O) groups is 2. The first-order valence-electron chi connectivity index (χ1n) is 12.4. The molecule has 0 radical (unpaired) electrons. The van der Waals surface area contributed by atoms with Gasteiger partial charge in [-0.25, -0.2) is 8.42 Å². The van der Waals surface area contributed by atoms with Crippen LogP contribution in [-0.4, -0.2) is 44.3 Å². The minimum atomic E-state index is -4.10. The van der Waals surface area contributed by atoms with Crippen LogP contribution in [0.1, 0.15) is 36.1 Å². The van der Waals surface area contributed by atoms with Crippen LogP contribution in [0.5, 0.6) is 0 Å². The fraction of sp³-hybridized carbons (Fsp3) is 0.310. The third kappa shape index (κ3) is 7.14. The molecule has 0 saturated carbocycles. The number of halogens is 1. The number of nitrogens with zero attached hydrogens (tertiary/aromatic N) is 2. The molecular weight excluding hydrogens is 522 g/mol. The number of likely N-dealkylation sites (N-methyl/N-ethyl adjacent to an activating group) is 1. The molecule has 0 unspecified atom stereocenters. The molecule has 1 N–H and O–H groups in total. The lowest BCUT2D eigenvalue weighted by Crippen LogP contribution is -2.51. The first kappa shape index (κ1) is 29.2. The van der Waals surface area contributed by atoms with Crippen LogP contribution in [0.4, 0.5) is 5.69 Å². The maximum Gasteiger partial charge on any atom is 0.264 e. The number of carbonyl (C=O) groups excluding carboxylic acids is 2. The molecule has 2 amide bonds. The number of hydrogen-bond donors (Lipinski definition) is 1. The largest absolute Gasteiger partial charge is 0.355 e. The smallest absolute Gasteiger partial charge is 0.264 e. The quantitative estimate of drug-likeness (QED) is 0.381. The summed E-state index contributed by atoms with van der Waals surface area (Å²) in [6.45, 7) is 9.09. The van der Waals surface area contributed by atoms with Gasteiger partial charge in [-0.1, -0.05) is 47.5 Å². The van der Waals surface area contributed by atoms with Gasteiger partial charge in [0.2, 0.25) is 11.8 Å². The summed E-state index contributed by atoms with van der Waals surface area (Å²) in [6.07, 6.45) is 0. The van der Waals surface area contributed by atoms with Gasteiger partial charge in [0, 0.05) is 18.1 Å². The lowest BCUT2D eigenvalue weighted by Gasteiger charge is -2.32. The normalized spacial score (nSPS) is 12.1. The number of hydrogen-bond acceptors (Lipinski definition) is 4. The molecular formula is C29H34ClN3O4S. The molecule has 3 rings (SSSR count). The lowest BCUT2D eigenvalue weighted by molar-refractivity contribution is -0.139. The second-order valence-corrected chi connectivity index (χ2v) is 11.7. The minimum absolute atomic E-state index is 0.0797. The Balaban J connectivity index is 2.06. The van der Waals surface area contributed by atoms with Crippen molar-refractivity contribution in [3.63, 3.8) is 0 Å². The first-order chi connectivity index (χ1) is 17.9. The van der Waals surface area contributed by atoms with Crippen LogP contribution in [0.25, 0.3) is 0 Å².